The van der Waals surface area contributed by atoms with E-state index in [1.165, 1.54) is 16.9 Å². The van der Waals surface area contributed by atoms with Crippen LogP contribution < -0.4 is 15.8 Å². The molecular formula is C14H22N2O2S. The second-order valence-electron chi connectivity index (χ2n) is 4.89. The fourth-order valence-corrected chi connectivity index (χ4v) is 2.73. The van der Waals surface area contributed by atoms with Crippen LogP contribution in [0.5, 0.6) is 5.75 Å². The molecular weight excluding hydrogens is 260 g/mol. The minimum atomic E-state index is -0.0729. The molecule has 0 unspecified atom stereocenters. The molecule has 0 bridgehead atoms. The number of methoxy groups -OCH3 is 1. The topological polar surface area (TPSA) is 64.3 Å². The number of thiophene rings is 1. The average Bonchev–Trinajstić information content (AvgIpc) is 2.64. The Hall–Kier alpha value is -1.49. The summed E-state index contributed by atoms with van der Waals surface area (Å²) in [5.41, 5.74) is 7.66. The SMILES string of the molecule is COc1c(NCC=C(C)C)sc(C(=O)C(C)C)c1N. The summed E-state index contributed by atoms with van der Waals surface area (Å²) in [5.74, 6) is 0.545. The fourth-order valence-electron chi connectivity index (χ4n) is 1.54. The van der Waals surface area contributed by atoms with Crippen LogP contribution in [0, 0.1) is 5.92 Å². The Labute approximate surface area is 118 Å². The van der Waals surface area contributed by atoms with Crippen molar-refractivity contribution in [2.75, 3.05) is 24.7 Å². The van der Waals surface area contributed by atoms with Crippen LogP contribution in [-0.2, 0) is 0 Å². The van der Waals surface area contributed by atoms with Gasteiger partial charge in [0.1, 0.15) is 5.00 Å². The van der Waals surface area contributed by atoms with Crippen LogP contribution in [0.15, 0.2) is 11.6 Å². The predicted octanol–water partition coefficient (Wildman–Crippen LogP) is 3.56. The number of Topliss-reactive ketones (excluding diaryl/α,β-unsaturated/α-hetero) is 1. The Kier molecular flexibility index (Phi) is 5.42. The number of nitrogen functional groups attached to an aromatic ring is 1. The molecule has 0 atom stereocenters. The van der Waals surface area contributed by atoms with E-state index in [-0.39, 0.29) is 11.7 Å². The molecule has 0 aromatic carbocycles. The zero-order chi connectivity index (χ0) is 14.6. The summed E-state index contributed by atoms with van der Waals surface area (Å²) >= 11 is 1.36. The van der Waals surface area contributed by atoms with Gasteiger partial charge in [0.2, 0.25) is 0 Å². The van der Waals surface area contributed by atoms with Gasteiger partial charge in [-0.1, -0.05) is 25.5 Å². The molecule has 1 aromatic heterocycles. The molecule has 5 heteroatoms. The first kappa shape index (κ1) is 15.6. The molecule has 3 N–H and O–H groups in total. The minimum Gasteiger partial charge on any atom is -0.492 e. The maximum absolute atomic E-state index is 12.1. The van der Waals surface area contributed by atoms with Gasteiger partial charge in [0.05, 0.1) is 17.7 Å². The van der Waals surface area contributed by atoms with Crippen molar-refractivity contribution in [2.45, 2.75) is 27.7 Å². The summed E-state index contributed by atoms with van der Waals surface area (Å²) in [6, 6.07) is 0. The van der Waals surface area contributed by atoms with Gasteiger partial charge >= 0.3 is 0 Å². The van der Waals surface area contributed by atoms with Crippen LogP contribution in [0.1, 0.15) is 37.4 Å². The first-order valence-corrected chi connectivity index (χ1v) is 7.07. The molecule has 1 rings (SSSR count). The molecule has 0 fully saturated rings. The highest BCUT2D eigenvalue weighted by molar-refractivity contribution is 7.19. The molecule has 1 heterocycles. The molecule has 0 saturated heterocycles. The Morgan fingerprint density at radius 2 is 2.11 bits per heavy atom. The van der Waals surface area contributed by atoms with Crippen molar-refractivity contribution >= 4 is 27.8 Å². The molecule has 0 aliphatic rings. The number of carbonyl (C=O) groups is 1. The summed E-state index contributed by atoms with van der Waals surface area (Å²) in [5, 5.41) is 4.04. The molecule has 1 aromatic rings. The van der Waals surface area contributed by atoms with E-state index < -0.39 is 0 Å². The summed E-state index contributed by atoms with van der Waals surface area (Å²) in [7, 11) is 1.56. The van der Waals surface area contributed by atoms with Gasteiger partial charge in [0, 0.05) is 12.5 Å². The van der Waals surface area contributed by atoms with Crippen molar-refractivity contribution < 1.29 is 9.53 Å². The third-order valence-corrected chi connectivity index (χ3v) is 3.78. The lowest BCUT2D eigenvalue weighted by Gasteiger charge is -2.05. The number of anilines is 2. The van der Waals surface area contributed by atoms with Gasteiger partial charge < -0.3 is 15.8 Å². The van der Waals surface area contributed by atoms with Gasteiger partial charge in [-0.05, 0) is 13.8 Å². The van der Waals surface area contributed by atoms with E-state index in [9.17, 15) is 4.79 Å². The standard InChI is InChI=1S/C14H22N2O2S/c1-8(2)6-7-16-14-12(18-5)10(15)13(19-14)11(17)9(3)4/h6,9,16H,7,15H2,1-5H3. The highest BCUT2D eigenvalue weighted by Gasteiger charge is 2.23. The first-order chi connectivity index (χ1) is 8.88. The number of ether oxygens (including phenoxy) is 1. The number of nitrogens with one attached hydrogen (secondary N) is 1. The molecule has 0 aliphatic carbocycles. The molecule has 4 nitrogen and oxygen atoms in total. The maximum Gasteiger partial charge on any atom is 0.177 e. The van der Waals surface area contributed by atoms with E-state index in [0.29, 0.717) is 22.9 Å². The zero-order valence-electron chi connectivity index (χ0n) is 12.2. The summed E-state index contributed by atoms with van der Waals surface area (Å²) in [6.07, 6.45) is 2.07. The fraction of sp³-hybridized carbons (Fsp3) is 0.500. The monoisotopic (exact) mass is 282 g/mol. The second kappa shape index (κ2) is 6.61. The summed E-state index contributed by atoms with van der Waals surface area (Å²) in [6.45, 7) is 8.49. The van der Waals surface area contributed by atoms with Crippen molar-refractivity contribution in [3.05, 3.63) is 16.5 Å². The molecule has 0 saturated carbocycles. The molecule has 0 aliphatic heterocycles. The Morgan fingerprint density at radius 3 is 2.58 bits per heavy atom. The van der Waals surface area contributed by atoms with Crippen molar-refractivity contribution in [3.8, 4) is 5.75 Å². The van der Waals surface area contributed by atoms with Crippen LogP contribution in [0.25, 0.3) is 0 Å². The maximum atomic E-state index is 12.1. The Bertz CT molecular complexity index is 486. The Balaban J connectivity index is 3.02. The lowest BCUT2D eigenvalue weighted by Crippen LogP contribution is -2.07. The van der Waals surface area contributed by atoms with Crippen molar-refractivity contribution in [1.29, 1.82) is 0 Å². The third-order valence-electron chi connectivity index (χ3n) is 2.62. The molecule has 0 spiro atoms. The number of nitrogens with two attached hydrogens (primary N) is 1. The van der Waals surface area contributed by atoms with Crippen molar-refractivity contribution in [2.24, 2.45) is 5.92 Å². The molecule has 106 valence electrons. The largest absolute Gasteiger partial charge is 0.492 e. The lowest BCUT2D eigenvalue weighted by atomic mass is 10.1. The van der Waals surface area contributed by atoms with E-state index >= 15 is 0 Å². The van der Waals surface area contributed by atoms with Crippen LogP contribution >= 0.6 is 11.3 Å². The van der Waals surface area contributed by atoms with E-state index in [0.717, 1.165) is 5.00 Å². The smallest absolute Gasteiger partial charge is 0.177 e. The minimum absolute atomic E-state index is 0.0519. The van der Waals surface area contributed by atoms with E-state index in [1.54, 1.807) is 7.11 Å². The third kappa shape index (κ3) is 3.73. The van der Waals surface area contributed by atoms with Crippen LogP contribution in [0.4, 0.5) is 10.7 Å². The average molecular weight is 282 g/mol. The van der Waals surface area contributed by atoms with Crippen molar-refractivity contribution in [1.82, 2.24) is 0 Å². The van der Waals surface area contributed by atoms with E-state index in [4.69, 9.17) is 10.5 Å². The Morgan fingerprint density at radius 1 is 1.47 bits per heavy atom. The number of carbonyl (C=O) groups excluding carboxylic acids is 1. The number of ketones is 1. The quantitative estimate of drug-likeness (QED) is 0.618. The zero-order valence-corrected chi connectivity index (χ0v) is 13.0. The van der Waals surface area contributed by atoms with E-state index in [2.05, 4.69) is 11.4 Å². The first-order valence-electron chi connectivity index (χ1n) is 6.26. The van der Waals surface area contributed by atoms with Crippen LogP contribution in [0.2, 0.25) is 0 Å². The molecule has 0 radical (unpaired) electrons. The van der Waals surface area contributed by atoms with Gasteiger partial charge in [-0.15, -0.1) is 11.3 Å². The lowest BCUT2D eigenvalue weighted by molar-refractivity contribution is 0.0944. The number of allylic oxidation sites excluding steroid dienone is 1. The van der Waals surface area contributed by atoms with Gasteiger partial charge in [0.15, 0.2) is 11.5 Å². The van der Waals surface area contributed by atoms with Crippen LogP contribution in [0.3, 0.4) is 0 Å². The number of hydrogen-bond acceptors (Lipinski definition) is 5. The molecule has 19 heavy (non-hydrogen) atoms. The van der Waals surface area contributed by atoms with Gasteiger partial charge in [-0.25, -0.2) is 0 Å². The normalized spacial score (nSPS) is 10.4. The van der Waals surface area contributed by atoms with Gasteiger partial charge in [0.25, 0.3) is 0 Å². The van der Waals surface area contributed by atoms with Gasteiger partial charge in [-0.3, -0.25) is 4.79 Å². The number of rotatable bonds is 6. The second-order valence-corrected chi connectivity index (χ2v) is 5.91. The summed E-state index contributed by atoms with van der Waals surface area (Å²) in [4.78, 5) is 12.6. The van der Waals surface area contributed by atoms with Crippen LogP contribution in [-0.4, -0.2) is 19.4 Å². The summed E-state index contributed by atoms with van der Waals surface area (Å²) < 4.78 is 5.29. The van der Waals surface area contributed by atoms with E-state index in [1.807, 2.05) is 27.7 Å². The predicted molar refractivity (Wildman–Crippen MR) is 82.4 cm³/mol. The highest BCUT2D eigenvalue weighted by Crippen LogP contribution is 2.43. The molecule has 0 amide bonds. The highest BCUT2D eigenvalue weighted by atomic mass is 32.1. The number of hydrogen-bond donors (Lipinski definition) is 2. The van der Waals surface area contributed by atoms with Gasteiger partial charge in [-0.2, -0.15) is 0 Å². The van der Waals surface area contributed by atoms with Crippen molar-refractivity contribution in [3.63, 3.8) is 0 Å².